The SMILES string of the molecule is Cc1ccccc1-n1nc2c(c1NC(=O)C1CCCC1)CSC2. The van der Waals surface area contributed by atoms with Gasteiger partial charge in [0, 0.05) is 23.0 Å². The van der Waals surface area contributed by atoms with Crippen molar-refractivity contribution in [3.63, 3.8) is 0 Å². The summed E-state index contributed by atoms with van der Waals surface area (Å²) in [6, 6.07) is 8.20. The van der Waals surface area contributed by atoms with Gasteiger partial charge in [0.1, 0.15) is 5.82 Å². The van der Waals surface area contributed by atoms with Crippen molar-refractivity contribution in [1.82, 2.24) is 9.78 Å². The van der Waals surface area contributed by atoms with Crippen molar-refractivity contribution in [3.8, 4) is 5.69 Å². The fourth-order valence-corrected chi connectivity index (χ4v) is 4.56. The molecule has 1 N–H and O–H groups in total. The maximum atomic E-state index is 12.6. The molecule has 5 heteroatoms. The number of hydrogen-bond acceptors (Lipinski definition) is 3. The Kier molecular flexibility index (Phi) is 3.89. The smallest absolute Gasteiger partial charge is 0.228 e. The molecule has 1 amide bonds. The molecule has 0 atom stereocenters. The average molecular weight is 327 g/mol. The number of hydrogen-bond donors (Lipinski definition) is 1. The molecule has 2 aromatic rings. The highest BCUT2D eigenvalue weighted by molar-refractivity contribution is 7.98. The summed E-state index contributed by atoms with van der Waals surface area (Å²) in [5, 5.41) is 7.99. The third kappa shape index (κ3) is 2.67. The molecule has 4 nitrogen and oxygen atoms in total. The minimum absolute atomic E-state index is 0.164. The number of carbonyl (C=O) groups is 1. The van der Waals surface area contributed by atoms with Gasteiger partial charge < -0.3 is 5.32 Å². The predicted molar refractivity (Wildman–Crippen MR) is 93.9 cm³/mol. The van der Waals surface area contributed by atoms with E-state index in [-0.39, 0.29) is 11.8 Å². The summed E-state index contributed by atoms with van der Waals surface area (Å²) in [7, 11) is 0. The summed E-state index contributed by atoms with van der Waals surface area (Å²) >= 11 is 1.86. The van der Waals surface area contributed by atoms with E-state index in [2.05, 4.69) is 24.4 Å². The van der Waals surface area contributed by atoms with E-state index in [0.29, 0.717) is 0 Å². The molecule has 1 aliphatic carbocycles. The Bertz CT molecular complexity index is 747. The molecule has 1 fully saturated rings. The Balaban J connectivity index is 1.72. The first kappa shape index (κ1) is 14.8. The van der Waals surface area contributed by atoms with Crippen LogP contribution < -0.4 is 5.32 Å². The van der Waals surface area contributed by atoms with Crippen LogP contribution in [0.1, 0.15) is 42.5 Å². The first-order chi connectivity index (χ1) is 11.2. The molecule has 4 rings (SSSR count). The van der Waals surface area contributed by atoms with Gasteiger partial charge in [0.2, 0.25) is 5.91 Å². The van der Waals surface area contributed by atoms with Crippen LogP contribution in [0.3, 0.4) is 0 Å². The van der Waals surface area contributed by atoms with Gasteiger partial charge in [-0.25, -0.2) is 4.68 Å². The number of anilines is 1. The van der Waals surface area contributed by atoms with Gasteiger partial charge in [-0.15, -0.1) is 0 Å². The second-order valence-electron chi connectivity index (χ2n) is 6.44. The van der Waals surface area contributed by atoms with E-state index in [4.69, 9.17) is 5.10 Å². The van der Waals surface area contributed by atoms with Gasteiger partial charge in [-0.1, -0.05) is 31.0 Å². The fourth-order valence-electron chi connectivity index (χ4n) is 3.52. The zero-order valence-electron chi connectivity index (χ0n) is 13.3. The highest BCUT2D eigenvalue weighted by Gasteiger charge is 2.28. The molecular weight excluding hydrogens is 306 g/mol. The van der Waals surface area contributed by atoms with Gasteiger partial charge in [0.25, 0.3) is 0 Å². The van der Waals surface area contributed by atoms with E-state index in [9.17, 15) is 4.79 Å². The topological polar surface area (TPSA) is 46.9 Å². The average Bonchev–Trinajstić information content (AvgIpc) is 3.26. The van der Waals surface area contributed by atoms with Gasteiger partial charge in [0.05, 0.1) is 11.4 Å². The third-order valence-corrected chi connectivity index (χ3v) is 5.83. The lowest BCUT2D eigenvalue weighted by Gasteiger charge is -2.15. The van der Waals surface area contributed by atoms with Gasteiger partial charge >= 0.3 is 0 Å². The van der Waals surface area contributed by atoms with E-state index < -0.39 is 0 Å². The molecule has 120 valence electrons. The monoisotopic (exact) mass is 327 g/mol. The lowest BCUT2D eigenvalue weighted by molar-refractivity contribution is -0.119. The fraction of sp³-hybridized carbons (Fsp3) is 0.444. The van der Waals surface area contributed by atoms with Crippen LogP contribution in [0.4, 0.5) is 5.82 Å². The second-order valence-corrected chi connectivity index (χ2v) is 7.42. The largest absolute Gasteiger partial charge is 0.310 e. The number of aryl methyl sites for hydroxylation is 1. The van der Waals surface area contributed by atoms with Crippen LogP contribution in [0.25, 0.3) is 5.69 Å². The minimum Gasteiger partial charge on any atom is -0.310 e. The standard InChI is InChI=1S/C18H21N3OS/c1-12-6-2-5-9-16(12)21-17(14-10-23-11-15(14)20-21)19-18(22)13-7-3-4-8-13/h2,5-6,9,13H,3-4,7-8,10-11H2,1H3,(H,19,22). The lowest BCUT2D eigenvalue weighted by atomic mass is 10.1. The van der Waals surface area contributed by atoms with Crippen LogP contribution in [0.5, 0.6) is 0 Å². The molecule has 0 saturated heterocycles. The Labute approximate surface area is 140 Å². The molecule has 2 heterocycles. The Morgan fingerprint density at radius 3 is 2.83 bits per heavy atom. The maximum absolute atomic E-state index is 12.6. The summed E-state index contributed by atoms with van der Waals surface area (Å²) in [5.74, 6) is 3.08. The molecule has 0 unspecified atom stereocenters. The van der Waals surface area contributed by atoms with Crippen LogP contribution in [0.2, 0.25) is 0 Å². The quantitative estimate of drug-likeness (QED) is 0.925. The van der Waals surface area contributed by atoms with Crippen molar-refractivity contribution < 1.29 is 4.79 Å². The number of benzene rings is 1. The molecule has 1 saturated carbocycles. The molecule has 1 aromatic carbocycles. The number of nitrogens with one attached hydrogen (secondary N) is 1. The zero-order valence-corrected chi connectivity index (χ0v) is 14.2. The molecule has 2 aliphatic rings. The number of fused-ring (bicyclic) bond motifs is 1. The summed E-state index contributed by atoms with van der Waals surface area (Å²) in [6.45, 7) is 2.08. The Morgan fingerprint density at radius 1 is 1.26 bits per heavy atom. The van der Waals surface area contributed by atoms with Crippen molar-refractivity contribution in [2.24, 2.45) is 5.92 Å². The Morgan fingerprint density at radius 2 is 2.04 bits per heavy atom. The van der Waals surface area contributed by atoms with E-state index in [1.807, 2.05) is 28.6 Å². The van der Waals surface area contributed by atoms with Crippen molar-refractivity contribution in [2.45, 2.75) is 44.1 Å². The van der Waals surface area contributed by atoms with Gasteiger partial charge in [-0.05, 0) is 31.4 Å². The first-order valence-electron chi connectivity index (χ1n) is 8.29. The number of nitrogens with zero attached hydrogens (tertiary/aromatic N) is 2. The van der Waals surface area contributed by atoms with Crippen LogP contribution in [-0.2, 0) is 16.3 Å². The van der Waals surface area contributed by atoms with Gasteiger partial charge in [-0.3, -0.25) is 4.79 Å². The van der Waals surface area contributed by atoms with E-state index in [1.165, 1.54) is 18.4 Å². The van der Waals surface area contributed by atoms with Crippen molar-refractivity contribution in [2.75, 3.05) is 5.32 Å². The highest BCUT2D eigenvalue weighted by Crippen LogP contribution is 2.37. The van der Waals surface area contributed by atoms with Gasteiger partial charge in [-0.2, -0.15) is 16.9 Å². The molecule has 1 aromatic heterocycles. The normalized spacial score (nSPS) is 17.4. The zero-order chi connectivity index (χ0) is 15.8. The predicted octanol–water partition coefficient (Wildman–Crippen LogP) is 4.06. The third-order valence-electron chi connectivity index (χ3n) is 4.86. The van der Waals surface area contributed by atoms with Crippen molar-refractivity contribution in [3.05, 3.63) is 41.1 Å². The van der Waals surface area contributed by atoms with Gasteiger partial charge in [0.15, 0.2) is 0 Å². The number of para-hydroxylation sites is 1. The van der Waals surface area contributed by atoms with Crippen molar-refractivity contribution >= 4 is 23.5 Å². The number of rotatable bonds is 3. The van der Waals surface area contributed by atoms with E-state index in [0.717, 1.165) is 47.1 Å². The lowest BCUT2D eigenvalue weighted by Crippen LogP contribution is -2.22. The van der Waals surface area contributed by atoms with Crippen LogP contribution in [-0.4, -0.2) is 15.7 Å². The number of aromatic nitrogens is 2. The first-order valence-corrected chi connectivity index (χ1v) is 9.45. The minimum atomic E-state index is 0.164. The molecular formula is C18H21N3OS. The molecule has 23 heavy (non-hydrogen) atoms. The molecule has 0 bridgehead atoms. The van der Waals surface area contributed by atoms with Crippen LogP contribution >= 0.6 is 11.8 Å². The molecule has 1 aliphatic heterocycles. The maximum Gasteiger partial charge on any atom is 0.228 e. The summed E-state index contributed by atoms with van der Waals surface area (Å²) in [6.07, 6.45) is 4.37. The van der Waals surface area contributed by atoms with Crippen LogP contribution in [0.15, 0.2) is 24.3 Å². The van der Waals surface area contributed by atoms with Crippen molar-refractivity contribution in [1.29, 1.82) is 0 Å². The second kappa shape index (κ2) is 6.04. The molecule has 0 radical (unpaired) electrons. The number of amides is 1. The number of thioether (sulfide) groups is 1. The molecule has 0 spiro atoms. The Hall–Kier alpha value is -1.75. The van der Waals surface area contributed by atoms with E-state index >= 15 is 0 Å². The highest BCUT2D eigenvalue weighted by atomic mass is 32.2. The summed E-state index contributed by atoms with van der Waals surface area (Å²) in [5.41, 5.74) is 4.52. The summed E-state index contributed by atoms with van der Waals surface area (Å²) < 4.78 is 1.94. The summed E-state index contributed by atoms with van der Waals surface area (Å²) in [4.78, 5) is 12.6. The number of carbonyl (C=O) groups excluding carboxylic acids is 1. The van der Waals surface area contributed by atoms with Crippen LogP contribution in [0, 0.1) is 12.8 Å². The van der Waals surface area contributed by atoms with E-state index in [1.54, 1.807) is 0 Å².